The molecule has 1 aliphatic carbocycles. The number of aryl methyl sites for hydroxylation is 1. The van der Waals surface area contributed by atoms with Gasteiger partial charge in [0.15, 0.2) is 0 Å². The van der Waals surface area contributed by atoms with Crippen LogP contribution in [0.2, 0.25) is 0 Å². The average molecular weight is 306 g/mol. The van der Waals surface area contributed by atoms with Gasteiger partial charge in [0, 0.05) is 18.2 Å². The molecule has 1 heterocycles. The summed E-state index contributed by atoms with van der Waals surface area (Å²) in [6.45, 7) is 1.98. The number of anilines is 1. The van der Waals surface area contributed by atoms with Crippen molar-refractivity contribution in [2.24, 2.45) is 11.7 Å². The third kappa shape index (κ3) is 5.35. The first-order valence-electron chi connectivity index (χ1n) is 6.14. The Kier molecular flexibility index (Phi) is 7.99. The highest BCUT2D eigenvalue weighted by Gasteiger charge is 2.25. The fraction of sp³-hybridized carbons (Fsp3) is 0.538. The van der Waals surface area contributed by atoms with Crippen molar-refractivity contribution in [1.82, 2.24) is 4.98 Å². The molecule has 1 aliphatic rings. The Labute approximate surface area is 126 Å². The monoisotopic (exact) mass is 305 g/mol. The van der Waals surface area contributed by atoms with Crippen molar-refractivity contribution in [3.8, 4) is 0 Å². The first-order chi connectivity index (χ1) is 8.15. The molecular formula is C13H21Cl2N3O. The first kappa shape index (κ1) is 18.2. The minimum Gasteiger partial charge on any atom is -0.328 e. The molecule has 1 saturated carbocycles. The molecule has 1 aromatic rings. The maximum atomic E-state index is 12.0. The van der Waals surface area contributed by atoms with E-state index in [9.17, 15) is 4.79 Å². The molecule has 19 heavy (non-hydrogen) atoms. The van der Waals surface area contributed by atoms with Gasteiger partial charge in [-0.05, 0) is 43.9 Å². The topological polar surface area (TPSA) is 68.0 Å². The number of nitrogens with one attached hydrogen (secondary N) is 1. The first-order valence-corrected chi connectivity index (χ1v) is 6.14. The minimum atomic E-state index is 0. The second-order valence-corrected chi connectivity index (χ2v) is 4.83. The Bertz CT molecular complexity index is 415. The van der Waals surface area contributed by atoms with Gasteiger partial charge in [0.1, 0.15) is 5.82 Å². The van der Waals surface area contributed by atoms with E-state index in [1.165, 1.54) is 0 Å². The highest BCUT2D eigenvalue weighted by molar-refractivity contribution is 5.91. The third-order valence-electron chi connectivity index (χ3n) is 3.25. The van der Waals surface area contributed by atoms with Gasteiger partial charge in [-0.1, -0.05) is 6.42 Å². The van der Waals surface area contributed by atoms with Crippen LogP contribution >= 0.6 is 24.8 Å². The molecule has 6 heteroatoms. The standard InChI is InChI=1S/C13H19N3O.2ClH/c1-9-5-6-15-12(7-9)16-13(17)10-3-2-4-11(14)8-10;;/h5-7,10-11H,2-4,8,14H2,1H3,(H,15,16,17);2*1H. The van der Waals surface area contributed by atoms with Crippen LogP contribution in [0.25, 0.3) is 0 Å². The van der Waals surface area contributed by atoms with E-state index in [0.717, 1.165) is 31.2 Å². The smallest absolute Gasteiger partial charge is 0.228 e. The molecule has 2 rings (SSSR count). The van der Waals surface area contributed by atoms with Crippen LogP contribution in [0.3, 0.4) is 0 Å². The number of pyridine rings is 1. The zero-order chi connectivity index (χ0) is 12.3. The molecule has 0 aliphatic heterocycles. The predicted octanol–water partition coefficient (Wildman–Crippen LogP) is 2.69. The SMILES string of the molecule is Cc1ccnc(NC(=O)C2CCCC(N)C2)c1.Cl.Cl. The summed E-state index contributed by atoms with van der Waals surface area (Å²) in [4.78, 5) is 16.1. The van der Waals surface area contributed by atoms with Crippen LogP contribution in [-0.2, 0) is 4.79 Å². The molecule has 1 amide bonds. The van der Waals surface area contributed by atoms with Crippen molar-refractivity contribution in [1.29, 1.82) is 0 Å². The summed E-state index contributed by atoms with van der Waals surface area (Å²) >= 11 is 0. The fourth-order valence-electron chi connectivity index (χ4n) is 2.30. The molecule has 2 atom stereocenters. The number of rotatable bonds is 2. The molecule has 0 aromatic carbocycles. The molecule has 1 fully saturated rings. The number of hydrogen-bond acceptors (Lipinski definition) is 3. The Morgan fingerprint density at radius 3 is 2.79 bits per heavy atom. The minimum absolute atomic E-state index is 0. The normalized spacial score (nSPS) is 21.8. The van der Waals surface area contributed by atoms with E-state index in [2.05, 4.69) is 10.3 Å². The summed E-state index contributed by atoms with van der Waals surface area (Å²) in [7, 11) is 0. The number of halogens is 2. The molecule has 3 N–H and O–H groups in total. The Morgan fingerprint density at radius 1 is 1.42 bits per heavy atom. The highest BCUT2D eigenvalue weighted by atomic mass is 35.5. The van der Waals surface area contributed by atoms with Gasteiger partial charge < -0.3 is 11.1 Å². The van der Waals surface area contributed by atoms with Gasteiger partial charge in [-0.15, -0.1) is 24.8 Å². The van der Waals surface area contributed by atoms with E-state index in [4.69, 9.17) is 5.73 Å². The maximum absolute atomic E-state index is 12.0. The lowest BCUT2D eigenvalue weighted by Gasteiger charge is -2.25. The van der Waals surface area contributed by atoms with Crippen LogP contribution < -0.4 is 11.1 Å². The second kappa shape index (κ2) is 8.35. The lowest BCUT2D eigenvalue weighted by Crippen LogP contribution is -2.34. The molecule has 0 bridgehead atoms. The third-order valence-corrected chi connectivity index (χ3v) is 3.25. The van der Waals surface area contributed by atoms with E-state index < -0.39 is 0 Å². The van der Waals surface area contributed by atoms with Gasteiger partial charge in [-0.25, -0.2) is 4.98 Å². The van der Waals surface area contributed by atoms with Crippen LogP contribution in [0.5, 0.6) is 0 Å². The van der Waals surface area contributed by atoms with Crippen LogP contribution in [0, 0.1) is 12.8 Å². The zero-order valence-electron chi connectivity index (χ0n) is 11.0. The lowest BCUT2D eigenvalue weighted by atomic mass is 9.85. The predicted molar refractivity (Wildman–Crippen MR) is 82.0 cm³/mol. The number of nitrogens with two attached hydrogens (primary N) is 1. The van der Waals surface area contributed by atoms with Crippen molar-refractivity contribution >= 4 is 36.5 Å². The second-order valence-electron chi connectivity index (χ2n) is 4.83. The summed E-state index contributed by atoms with van der Waals surface area (Å²) < 4.78 is 0. The summed E-state index contributed by atoms with van der Waals surface area (Å²) in [5.41, 5.74) is 6.98. The summed E-state index contributed by atoms with van der Waals surface area (Å²) in [5, 5.41) is 2.87. The number of amides is 1. The Hall–Kier alpha value is -0.840. The zero-order valence-corrected chi connectivity index (χ0v) is 12.6. The molecule has 0 spiro atoms. The van der Waals surface area contributed by atoms with Crippen molar-refractivity contribution in [3.63, 3.8) is 0 Å². The summed E-state index contributed by atoms with van der Waals surface area (Å²) in [5.74, 6) is 0.730. The number of hydrogen-bond donors (Lipinski definition) is 2. The van der Waals surface area contributed by atoms with Gasteiger partial charge in [-0.3, -0.25) is 4.79 Å². The average Bonchev–Trinajstić information content (AvgIpc) is 2.29. The van der Waals surface area contributed by atoms with E-state index in [1.54, 1.807) is 6.20 Å². The fourth-order valence-corrected chi connectivity index (χ4v) is 2.30. The Morgan fingerprint density at radius 2 is 2.16 bits per heavy atom. The van der Waals surface area contributed by atoms with Crippen LogP contribution in [-0.4, -0.2) is 16.9 Å². The van der Waals surface area contributed by atoms with Crippen LogP contribution in [0.4, 0.5) is 5.82 Å². The van der Waals surface area contributed by atoms with Gasteiger partial charge in [0.2, 0.25) is 5.91 Å². The van der Waals surface area contributed by atoms with E-state index in [1.807, 2.05) is 19.1 Å². The van der Waals surface area contributed by atoms with E-state index in [0.29, 0.717) is 5.82 Å². The molecule has 0 saturated heterocycles. The number of aromatic nitrogens is 1. The van der Waals surface area contributed by atoms with Gasteiger partial charge in [0.25, 0.3) is 0 Å². The molecule has 4 nitrogen and oxygen atoms in total. The molecule has 108 valence electrons. The molecule has 0 radical (unpaired) electrons. The maximum Gasteiger partial charge on any atom is 0.228 e. The molecular weight excluding hydrogens is 285 g/mol. The largest absolute Gasteiger partial charge is 0.328 e. The summed E-state index contributed by atoms with van der Waals surface area (Å²) in [6.07, 6.45) is 5.51. The lowest BCUT2D eigenvalue weighted by molar-refractivity contribution is -0.120. The van der Waals surface area contributed by atoms with Crippen LogP contribution in [0.15, 0.2) is 18.3 Å². The van der Waals surface area contributed by atoms with Crippen molar-refractivity contribution < 1.29 is 4.79 Å². The van der Waals surface area contributed by atoms with Crippen molar-refractivity contribution in [2.75, 3.05) is 5.32 Å². The Balaban J connectivity index is 0.00000162. The number of carbonyl (C=O) groups is 1. The van der Waals surface area contributed by atoms with Gasteiger partial charge >= 0.3 is 0 Å². The quantitative estimate of drug-likeness (QED) is 0.882. The van der Waals surface area contributed by atoms with E-state index in [-0.39, 0.29) is 42.7 Å². The molecule has 2 unspecified atom stereocenters. The van der Waals surface area contributed by atoms with Gasteiger partial charge in [0.05, 0.1) is 0 Å². The number of nitrogens with zero attached hydrogens (tertiary/aromatic N) is 1. The highest BCUT2D eigenvalue weighted by Crippen LogP contribution is 2.24. The van der Waals surface area contributed by atoms with Crippen molar-refractivity contribution in [2.45, 2.75) is 38.6 Å². The number of carbonyl (C=O) groups excluding carboxylic acids is 1. The van der Waals surface area contributed by atoms with Crippen LogP contribution in [0.1, 0.15) is 31.2 Å². The van der Waals surface area contributed by atoms with E-state index >= 15 is 0 Å². The molecule has 1 aromatic heterocycles. The van der Waals surface area contributed by atoms with Gasteiger partial charge in [-0.2, -0.15) is 0 Å². The summed E-state index contributed by atoms with van der Waals surface area (Å²) in [6, 6.07) is 3.96. The van der Waals surface area contributed by atoms with Crippen molar-refractivity contribution in [3.05, 3.63) is 23.9 Å².